The Balaban J connectivity index is 3.17. The third-order valence-corrected chi connectivity index (χ3v) is 0.594. The molecule has 0 aliphatic heterocycles. The fourth-order valence-electron chi connectivity index (χ4n) is 0.193. The van der Waals surface area contributed by atoms with Gasteiger partial charge in [-0.2, -0.15) is 0 Å². The van der Waals surface area contributed by atoms with Crippen molar-refractivity contribution >= 4 is 0 Å². The van der Waals surface area contributed by atoms with Crippen LogP contribution in [0.3, 0.4) is 0 Å². The monoisotopic (exact) mass is 102 g/mol. The van der Waals surface area contributed by atoms with E-state index in [0.717, 1.165) is 0 Å². The first kappa shape index (κ1) is 6.30. The molecule has 0 radical (unpaired) electrons. The molecule has 0 atom stereocenters. The summed E-state index contributed by atoms with van der Waals surface area (Å²) in [4.78, 5) is 0. The van der Waals surface area contributed by atoms with Crippen molar-refractivity contribution in [2.24, 2.45) is 5.73 Å². The molecule has 0 aliphatic carbocycles. The molecule has 0 heterocycles. The standard InChI is InChI=1S/C4H10N2O/c1-2-4(5)6-3-7/h2,6-7H,3,5H2,1H3. The van der Waals surface area contributed by atoms with Crippen molar-refractivity contribution in [3.05, 3.63) is 11.9 Å². The Morgan fingerprint density at radius 3 is 2.71 bits per heavy atom. The molecule has 0 fully saturated rings. The number of nitrogens with one attached hydrogen (secondary N) is 1. The molecule has 0 spiro atoms. The van der Waals surface area contributed by atoms with Crippen LogP contribution in [0.4, 0.5) is 0 Å². The molecule has 0 bridgehead atoms. The normalized spacial score (nSPS) is 11.4. The summed E-state index contributed by atoms with van der Waals surface area (Å²) in [5.74, 6) is 0.502. The lowest BCUT2D eigenvalue weighted by Crippen LogP contribution is -2.20. The summed E-state index contributed by atoms with van der Waals surface area (Å²) in [7, 11) is 0. The van der Waals surface area contributed by atoms with Gasteiger partial charge in [-0.05, 0) is 13.0 Å². The first-order valence-corrected chi connectivity index (χ1v) is 2.07. The van der Waals surface area contributed by atoms with Crippen molar-refractivity contribution in [2.75, 3.05) is 6.73 Å². The van der Waals surface area contributed by atoms with E-state index >= 15 is 0 Å². The van der Waals surface area contributed by atoms with E-state index in [0.29, 0.717) is 5.82 Å². The van der Waals surface area contributed by atoms with Crippen LogP contribution in [0.2, 0.25) is 0 Å². The minimum absolute atomic E-state index is 0.101. The highest BCUT2D eigenvalue weighted by Crippen LogP contribution is 1.69. The maximum atomic E-state index is 8.14. The summed E-state index contributed by atoms with van der Waals surface area (Å²) in [6, 6.07) is 0. The summed E-state index contributed by atoms with van der Waals surface area (Å²) >= 11 is 0. The van der Waals surface area contributed by atoms with E-state index in [4.69, 9.17) is 10.8 Å². The van der Waals surface area contributed by atoms with Crippen molar-refractivity contribution in [2.45, 2.75) is 6.92 Å². The molecular formula is C4H10N2O. The number of aliphatic hydroxyl groups is 1. The van der Waals surface area contributed by atoms with Crippen molar-refractivity contribution in [3.8, 4) is 0 Å². The average molecular weight is 102 g/mol. The van der Waals surface area contributed by atoms with E-state index in [1.54, 1.807) is 13.0 Å². The Labute approximate surface area is 42.8 Å². The average Bonchev–Trinajstić information content (AvgIpc) is 1.68. The van der Waals surface area contributed by atoms with E-state index in [1.165, 1.54) is 0 Å². The fraction of sp³-hybridized carbons (Fsp3) is 0.500. The summed E-state index contributed by atoms with van der Waals surface area (Å²) in [6.07, 6.45) is 1.68. The van der Waals surface area contributed by atoms with Gasteiger partial charge < -0.3 is 16.2 Å². The number of hydrogen-bond donors (Lipinski definition) is 3. The molecule has 0 aromatic carbocycles. The van der Waals surface area contributed by atoms with Crippen LogP contribution in [-0.4, -0.2) is 11.8 Å². The Bertz CT molecular complexity index is 70.1. The Morgan fingerprint density at radius 1 is 2.00 bits per heavy atom. The molecule has 0 saturated carbocycles. The molecule has 0 aliphatic rings. The second kappa shape index (κ2) is 3.49. The van der Waals surface area contributed by atoms with Gasteiger partial charge in [0, 0.05) is 0 Å². The quantitative estimate of drug-likeness (QED) is 0.406. The smallest absolute Gasteiger partial charge is 0.114 e. The van der Waals surface area contributed by atoms with Gasteiger partial charge in [0.2, 0.25) is 0 Å². The zero-order valence-electron chi connectivity index (χ0n) is 4.31. The van der Waals surface area contributed by atoms with Crippen LogP contribution in [0.15, 0.2) is 11.9 Å². The Hall–Kier alpha value is -0.700. The molecule has 3 heteroatoms. The van der Waals surface area contributed by atoms with Gasteiger partial charge in [0.15, 0.2) is 0 Å². The van der Waals surface area contributed by atoms with Crippen LogP contribution in [0.25, 0.3) is 0 Å². The largest absolute Gasteiger partial charge is 0.386 e. The second-order valence-corrected chi connectivity index (χ2v) is 1.08. The van der Waals surface area contributed by atoms with Crippen LogP contribution in [0.5, 0.6) is 0 Å². The first-order chi connectivity index (χ1) is 3.31. The highest BCUT2D eigenvalue weighted by atomic mass is 16.3. The summed E-state index contributed by atoms with van der Waals surface area (Å²) in [6.45, 7) is 1.69. The molecule has 0 amide bonds. The van der Waals surface area contributed by atoms with Crippen LogP contribution in [0, 0.1) is 0 Å². The highest BCUT2D eigenvalue weighted by Gasteiger charge is 1.76. The van der Waals surface area contributed by atoms with E-state index in [1.807, 2.05) is 0 Å². The van der Waals surface area contributed by atoms with Crippen molar-refractivity contribution < 1.29 is 5.11 Å². The number of allylic oxidation sites excluding steroid dienone is 1. The molecule has 0 rings (SSSR count). The number of hydrogen-bond acceptors (Lipinski definition) is 3. The van der Waals surface area contributed by atoms with E-state index < -0.39 is 0 Å². The third-order valence-electron chi connectivity index (χ3n) is 0.594. The maximum absolute atomic E-state index is 8.14. The van der Waals surface area contributed by atoms with Crippen molar-refractivity contribution in [1.29, 1.82) is 0 Å². The van der Waals surface area contributed by atoms with Gasteiger partial charge in [0.25, 0.3) is 0 Å². The molecular weight excluding hydrogens is 92.1 g/mol. The van der Waals surface area contributed by atoms with Crippen LogP contribution < -0.4 is 11.1 Å². The Kier molecular flexibility index (Phi) is 3.14. The number of aliphatic hydroxyl groups excluding tert-OH is 1. The topological polar surface area (TPSA) is 58.3 Å². The predicted octanol–water partition coefficient (Wildman–Crippen LogP) is -0.654. The number of rotatable bonds is 2. The lowest BCUT2D eigenvalue weighted by Gasteiger charge is -1.97. The van der Waals surface area contributed by atoms with Crippen LogP contribution in [-0.2, 0) is 0 Å². The van der Waals surface area contributed by atoms with E-state index in [2.05, 4.69) is 5.32 Å². The Morgan fingerprint density at radius 2 is 2.57 bits per heavy atom. The van der Waals surface area contributed by atoms with Gasteiger partial charge in [0.05, 0.1) is 5.82 Å². The van der Waals surface area contributed by atoms with Gasteiger partial charge >= 0.3 is 0 Å². The van der Waals surface area contributed by atoms with Gasteiger partial charge in [-0.25, -0.2) is 0 Å². The molecule has 0 unspecified atom stereocenters. The lowest BCUT2D eigenvalue weighted by atomic mass is 10.6. The molecule has 42 valence electrons. The number of nitrogens with two attached hydrogens (primary N) is 1. The molecule has 0 aromatic heterocycles. The zero-order valence-corrected chi connectivity index (χ0v) is 4.31. The van der Waals surface area contributed by atoms with Crippen molar-refractivity contribution in [1.82, 2.24) is 5.32 Å². The van der Waals surface area contributed by atoms with Crippen molar-refractivity contribution in [3.63, 3.8) is 0 Å². The highest BCUT2D eigenvalue weighted by molar-refractivity contribution is 4.88. The SMILES string of the molecule is CC=C(N)NCO. The lowest BCUT2D eigenvalue weighted by molar-refractivity contribution is 0.274. The minimum atomic E-state index is -0.101. The molecule has 7 heavy (non-hydrogen) atoms. The molecule has 4 N–H and O–H groups in total. The third kappa shape index (κ3) is 3.12. The predicted molar refractivity (Wildman–Crippen MR) is 28.2 cm³/mol. The first-order valence-electron chi connectivity index (χ1n) is 2.07. The molecule has 0 saturated heterocycles. The zero-order chi connectivity index (χ0) is 5.70. The summed E-state index contributed by atoms with van der Waals surface area (Å²) in [5, 5.41) is 10.6. The van der Waals surface area contributed by atoms with Gasteiger partial charge in [-0.1, -0.05) is 0 Å². The van der Waals surface area contributed by atoms with Gasteiger partial charge in [-0.3, -0.25) is 0 Å². The van der Waals surface area contributed by atoms with E-state index in [9.17, 15) is 0 Å². The maximum Gasteiger partial charge on any atom is 0.114 e. The van der Waals surface area contributed by atoms with Gasteiger partial charge in [0.1, 0.15) is 6.73 Å². The van der Waals surface area contributed by atoms with E-state index in [-0.39, 0.29) is 6.73 Å². The van der Waals surface area contributed by atoms with Crippen LogP contribution in [0.1, 0.15) is 6.92 Å². The second-order valence-electron chi connectivity index (χ2n) is 1.08. The molecule has 0 aromatic rings. The summed E-state index contributed by atoms with van der Waals surface area (Å²) in [5.41, 5.74) is 5.17. The summed E-state index contributed by atoms with van der Waals surface area (Å²) < 4.78 is 0. The van der Waals surface area contributed by atoms with Crippen LogP contribution >= 0.6 is 0 Å². The molecule has 3 nitrogen and oxygen atoms in total. The fourth-order valence-corrected chi connectivity index (χ4v) is 0.193. The minimum Gasteiger partial charge on any atom is -0.386 e. The van der Waals surface area contributed by atoms with Gasteiger partial charge in [-0.15, -0.1) is 0 Å².